The maximum Gasteiger partial charge on any atom is 0.434 e. The van der Waals surface area contributed by atoms with E-state index in [2.05, 4.69) is 25.5 Å². The molecule has 39 heavy (non-hydrogen) atoms. The lowest BCUT2D eigenvalue weighted by Gasteiger charge is -2.21. The van der Waals surface area contributed by atoms with E-state index in [4.69, 9.17) is 5.73 Å². The zero-order valence-electron chi connectivity index (χ0n) is 21.3. The number of hydrogen-bond acceptors (Lipinski definition) is 8. The molecule has 1 aliphatic heterocycles. The van der Waals surface area contributed by atoms with Gasteiger partial charge in [-0.2, -0.15) is 23.4 Å². The quantitative estimate of drug-likeness (QED) is 0.308. The molecule has 0 bridgehead atoms. The van der Waals surface area contributed by atoms with Crippen LogP contribution in [0.15, 0.2) is 43.2 Å². The van der Waals surface area contributed by atoms with Gasteiger partial charge in [0.05, 0.1) is 54.2 Å². The number of primary amides is 1. The van der Waals surface area contributed by atoms with Crippen molar-refractivity contribution in [1.82, 2.24) is 29.4 Å². The number of aliphatic hydroxyl groups is 1. The highest BCUT2D eigenvalue weighted by Gasteiger charge is 2.36. The minimum atomic E-state index is -4.56. The summed E-state index contributed by atoms with van der Waals surface area (Å²) in [6, 6.07) is 1.72. The van der Waals surface area contributed by atoms with Gasteiger partial charge >= 0.3 is 6.18 Å². The van der Waals surface area contributed by atoms with Gasteiger partial charge in [-0.05, 0) is 25.3 Å². The van der Waals surface area contributed by atoms with Gasteiger partial charge < -0.3 is 21.1 Å². The predicted octanol–water partition coefficient (Wildman–Crippen LogP) is 2.81. The minimum absolute atomic E-state index is 0.108. The summed E-state index contributed by atoms with van der Waals surface area (Å²) < 4.78 is 42.1. The summed E-state index contributed by atoms with van der Waals surface area (Å²) in [7, 11) is 0. The SMILES string of the molecule is CC[C@H]1CN(c2cnc(C(F)(F)F)cn2)C[C@H]1Nc1c(C(N)=O)cnn2cc(-c3cnn(C[C@@H](C)O)c3)cc12. The summed E-state index contributed by atoms with van der Waals surface area (Å²) in [6.07, 6.45) is 4.27. The van der Waals surface area contributed by atoms with Gasteiger partial charge in [0.25, 0.3) is 5.91 Å². The molecule has 1 saturated heterocycles. The highest BCUT2D eigenvalue weighted by Crippen LogP contribution is 2.33. The van der Waals surface area contributed by atoms with Crippen molar-refractivity contribution in [3.8, 4) is 11.1 Å². The summed E-state index contributed by atoms with van der Waals surface area (Å²) in [5.74, 6) is -0.187. The number of amides is 1. The smallest absolute Gasteiger partial charge is 0.391 e. The summed E-state index contributed by atoms with van der Waals surface area (Å²) in [5.41, 5.74) is 7.65. The van der Waals surface area contributed by atoms with Crippen LogP contribution >= 0.6 is 0 Å². The molecule has 0 aliphatic carbocycles. The lowest BCUT2D eigenvalue weighted by atomic mass is 10.00. The number of alkyl halides is 3. The number of rotatable bonds is 8. The third-order valence-electron chi connectivity index (χ3n) is 6.87. The van der Waals surface area contributed by atoms with Crippen molar-refractivity contribution < 1.29 is 23.1 Å². The van der Waals surface area contributed by atoms with Crippen LogP contribution in [0.3, 0.4) is 0 Å². The Morgan fingerprint density at radius 1 is 1.15 bits per heavy atom. The first-order chi connectivity index (χ1) is 18.5. The Kier molecular flexibility index (Phi) is 6.89. The third kappa shape index (κ3) is 5.37. The molecule has 1 amide bonds. The Morgan fingerprint density at radius 2 is 1.95 bits per heavy atom. The van der Waals surface area contributed by atoms with E-state index in [0.717, 1.165) is 29.9 Å². The van der Waals surface area contributed by atoms with E-state index in [1.807, 2.05) is 30.3 Å². The summed E-state index contributed by atoms with van der Waals surface area (Å²) >= 11 is 0. The predicted molar refractivity (Wildman–Crippen MR) is 137 cm³/mol. The zero-order valence-corrected chi connectivity index (χ0v) is 21.3. The molecule has 3 atom stereocenters. The van der Waals surface area contributed by atoms with Crippen LogP contribution < -0.4 is 16.0 Å². The first-order valence-corrected chi connectivity index (χ1v) is 12.5. The lowest BCUT2D eigenvalue weighted by Crippen LogP contribution is -2.30. The number of nitrogens with one attached hydrogen (secondary N) is 1. The molecule has 5 heterocycles. The van der Waals surface area contributed by atoms with E-state index < -0.39 is 23.9 Å². The van der Waals surface area contributed by atoms with Crippen LogP contribution in [0, 0.1) is 5.92 Å². The van der Waals surface area contributed by atoms with Crippen LogP contribution in [0.5, 0.6) is 0 Å². The highest BCUT2D eigenvalue weighted by molar-refractivity contribution is 6.02. The molecule has 1 fully saturated rings. The van der Waals surface area contributed by atoms with Crippen molar-refractivity contribution in [2.75, 3.05) is 23.3 Å². The molecule has 0 unspecified atom stereocenters. The van der Waals surface area contributed by atoms with Crippen LogP contribution in [0.2, 0.25) is 0 Å². The number of fused-ring (bicyclic) bond motifs is 1. The molecule has 4 aromatic rings. The van der Waals surface area contributed by atoms with E-state index >= 15 is 0 Å². The number of aromatic nitrogens is 6. The number of hydrogen-bond donors (Lipinski definition) is 3. The second-order valence-electron chi connectivity index (χ2n) is 9.74. The van der Waals surface area contributed by atoms with Crippen LogP contribution in [0.1, 0.15) is 36.3 Å². The molecule has 1 aliphatic rings. The molecule has 5 rings (SSSR count). The molecule has 0 aromatic carbocycles. The van der Waals surface area contributed by atoms with Crippen LogP contribution in [-0.4, -0.2) is 65.6 Å². The highest BCUT2D eigenvalue weighted by atomic mass is 19.4. The Hall–Kier alpha value is -4.20. The van der Waals surface area contributed by atoms with Crippen molar-refractivity contribution in [1.29, 1.82) is 0 Å². The summed E-state index contributed by atoms with van der Waals surface area (Å²) in [6.45, 7) is 5.04. The first kappa shape index (κ1) is 26.4. The van der Waals surface area contributed by atoms with Gasteiger partial charge in [0, 0.05) is 42.7 Å². The van der Waals surface area contributed by atoms with E-state index in [-0.39, 0.29) is 17.5 Å². The summed E-state index contributed by atoms with van der Waals surface area (Å²) in [5, 5.41) is 21.8. The molecule has 4 aromatic heterocycles. The van der Waals surface area contributed by atoms with Gasteiger partial charge in [0.2, 0.25) is 0 Å². The molecule has 0 saturated carbocycles. The van der Waals surface area contributed by atoms with Crippen LogP contribution in [0.25, 0.3) is 16.6 Å². The van der Waals surface area contributed by atoms with Gasteiger partial charge in [0.15, 0.2) is 5.69 Å². The number of anilines is 2. The third-order valence-corrected chi connectivity index (χ3v) is 6.87. The van der Waals surface area contributed by atoms with Crippen molar-refractivity contribution in [2.24, 2.45) is 11.7 Å². The van der Waals surface area contributed by atoms with Crippen LogP contribution in [0.4, 0.5) is 24.7 Å². The monoisotopic (exact) mass is 543 g/mol. The van der Waals surface area contributed by atoms with Gasteiger partial charge in [-0.1, -0.05) is 6.92 Å². The molecule has 206 valence electrons. The van der Waals surface area contributed by atoms with Gasteiger partial charge in [-0.15, -0.1) is 0 Å². The number of nitrogens with zero attached hydrogens (tertiary/aromatic N) is 7. The maximum absolute atomic E-state index is 12.9. The fraction of sp³-hybridized carbons (Fsp3) is 0.400. The number of carbonyl (C=O) groups excluding carboxylic acids is 1. The second kappa shape index (κ2) is 10.2. The molecular formula is C25H28F3N9O2. The first-order valence-electron chi connectivity index (χ1n) is 12.5. The van der Waals surface area contributed by atoms with Gasteiger partial charge in [-0.3, -0.25) is 9.48 Å². The van der Waals surface area contributed by atoms with Crippen molar-refractivity contribution in [3.05, 3.63) is 54.5 Å². The zero-order chi connectivity index (χ0) is 27.9. The topological polar surface area (TPSA) is 139 Å². The Balaban J connectivity index is 1.45. The van der Waals surface area contributed by atoms with Gasteiger partial charge in [0.1, 0.15) is 5.82 Å². The maximum atomic E-state index is 12.9. The second-order valence-corrected chi connectivity index (χ2v) is 9.74. The Labute approximate surface area is 221 Å². The van der Waals surface area contributed by atoms with Crippen molar-refractivity contribution in [3.63, 3.8) is 0 Å². The minimum Gasteiger partial charge on any atom is -0.391 e. The van der Waals surface area contributed by atoms with Crippen molar-refractivity contribution in [2.45, 2.75) is 45.1 Å². The van der Waals surface area contributed by atoms with E-state index in [9.17, 15) is 23.1 Å². The number of nitrogens with two attached hydrogens (primary N) is 1. The molecular weight excluding hydrogens is 515 g/mol. The lowest BCUT2D eigenvalue weighted by molar-refractivity contribution is -0.141. The number of aliphatic hydroxyl groups excluding tert-OH is 1. The largest absolute Gasteiger partial charge is 0.434 e. The molecule has 11 nitrogen and oxygen atoms in total. The fourth-order valence-electron chi connectivity index (χ4n) is 4.89. The molecule has 14 heteroatoms. The standard InChI is InChI=1S/C25H28F3N9O2/c1-3-15-10-35(22-8-30-21(7-31-22)25(26,27)28)13-19(15)34-23-18(24(29)39)6-33-37-12-16(4-20(23)37)17-5-32-36(11-17)9-14(2)38/h4-8,11-12,14-15,19,34,38H,3,9-10,13H2,1-2H3,(H2,29,39)/t14-,15+,19-/m1/s1. The molecule has 0 radical (unpaired) electrons. The summed E-state index contributed by atoms with van der Waals surface area (Å²) in [4.78, 5) is 21.8. The Bertz CT molecular complexity index is 1480. The average molecular weight is 544 g/mol. The van der Waals surface area contributed by atoms with Crippen LogP contribution in [-0.2, 0) is 12.7 Å². The molecule has 0 spiro atoms. The fourth-order valence-corrected chi connectivity index (χ4v) is 4.89. The van der Waals surface area contributed by atoms with E-state index in [1.165, 1.54) is 6.20 Å². The van der Waals surface area contributed by atoms with E-state index in [1.54, 1.807) is 22.3 Å². The molecule has 4 N–H and O–H groups in total. The van der Waals surface area contributed by atoms with Gasteiger partial charge in [-0.25, -0.2) is 14.5 Å². The normalized spacial score (nSPS) is 18.6. The van der Waals surface area contributed by atoms with E-state index in [0.29, 0.717) is 36.7 Å². The number of carbonyl (C=O) groups is 1. The number of halogens is 3. The Morgan fingerprint density at radius 3 is 2.59 bits per heavy atom. The van der Waals surface area contributed by atoms with Crippen molar-refractivity contribution >= 4 is 22.9 Å². The average Bonchev–Trinajstić information content (AvgIpc) is 3.61.